The van der Waals surface area contributed by atoms with Gasteiger partial charge in [0.1, 0.15) is 5.65 Å². The molecule has 0 saturated carbocycles. The van der Waals surface area contributed by atoms with Gasteiger partial charge in [-0.1, -0.05) is 13.0 Å². The van der Waals surface area contributed by atoms with Gasteiger partial charge in [-0.25, -0.2) is 4.98 Å². The molecule has 1 atom stereocenters. The van der Waals surface area contributed by atoms with Crippen molar-refractivity contribution in [2.45, 2.75) is 19.6 Å². The van der Waals surface area contributed by atoms with E-state index in [4.69, 9.17) is 5.11 Å². The van der Waals surface area contributed by atoms with Crippen LogP contribution >= 0.6 is 11.8 Å². The summed E-state index contributed by atoms with van der Waals surface area (Å²) < 4.78 is 2.01. The summed E-state index contributed by atoms with van der Waals surface area (Å²) in [4.78, 5) is 15.2. The van der Waals surface area contributed by atoms with E-state index >= 15 is 0 Å². The number of carboxylic acids is 1. The normalized spacial score (nSPS) is 12.8. The van der Waals surface area contributed by atoms with Crippen LogP contribution in [-0.2, 0) is 10.5 Å². The van der Waals surface area contributed by atoms with Crippen LogP contribution in [0.25, 0.3) is 5.65 Å². The van der Waals surface area contributed by atoms with Gasteiger partial charge in [-0.15, -0.1) is 0 Å². The number of aryl methyl sites for hydroxylation is 1. The predicted molar refractivity (Wildman–Crippen MR) is 72.9 cm³/mol. The second kappa shape index (κ2) is 5.44. The van der Waals surface area contributed by atoms with Crippen LogP contribution in [0.1, 0.15) is 18.2 Å². The maximum absolute atomic E-state index is 10.7. The highest BCUT2D eigenvalue weighted by molar-refractivity contribution is 7.98. The fraction of sp³-hybridized carbons (Fsp3) is 0.385. The number of carbonyl (C=O) groups is 1. The Morgan fingerprint density at radius 1 is 1.50 bits per heavy atom. The minimum Gasteiger partial charge on any atom is -0.481 e. The molecule has 2 heterocycles. The molecule has 96 valence electrons. The molecule has 4 nitrogen and oxygen atoms in total. The number of imidazole rings is 1. The van der Waals surface area contributed by atoms with E-state index in [9.17, 15) is 4.79 Å². The topological polar surface area (TPSA) is 54.6 Å². The van der Waals surface area contributed by atoms with E-state index in [1.165, 1.54) is 5.56 Å². The molecule has 0 amide bonds. The summed E-state index contributed by atoms with van der Waals surface area (Å²) in [5.41, 5.74) is 3.12. The number of pyridine rings is 1. The zero-order valence-corrected chi connectivity index (χ0v) is 11.3. The summed E-state index contributed by atoms with van der Waals surface area (Å²) in [5, 5.41) is 8.79. The molecule has 18 heavy (non-hydrogen) atoms. The Bertz CT molecular complexity index is 565. The number of carboxylic acid groups (broad SMARTS) is 1. The lowest BCUT2D eigenvalue weighted by molar-refractivity contribution is -0.140. The number of hydrogen-bond acceptors (Lipinski definition) is 3. The molecule has 0 aliphatic heterocycles. The largest absolute Gasteiger partial charge is 0.481 e. The zero-order valence-electron chi connectivity index (χ0n) is 10.5. The Labute approximate surface area is 110 Å². The average Bonchev–Trinajstić information content (AvgIpc) is 2.70. The summed E-state index contributed by atoms with van der Waals surface area (Å²) in [6, 6.07) is 4.02. The van der Waals surface area contributed by atoms with Crippen molar-refractivity contribution in [3.05, 3.63) is 35.8 Å². The third-order valence-corrected chi connectivity index (χ3v) is 3.92. The van der Waals surface area contributed by atoms with Crippen molar-refractivity contribution in [2.75, 3.05) is 5.75 Å². The number of fused-ring (bicyclic) bond motifs is 1. The minimum atomic E-state index is -0.742. The van der Waals surface area contributed by atoms with Crippen LogP contribution in [0.2, 0.25) is 0 Å². The van der Waals surface area contributed by atoms with Gasteiger partial charge in [0.15, 0.2) is 0 Å². The summed E-state index contributed by atoms with van der Waals surface area (Å²) in [6.07, 6.45) is 4.04. The van der Waals surface area contributed by atoms with Crippen LogP contribution < -0.4 is 0 Å². The van der Waals surface area contributed by atoms with E-state index in [2.05, 4.69) is 4.98 Å². The van der Waals surface area contributed by atoms with Gasteiger partial charge >= 0.3 is 5.97 Å². The van der Waals surface area contributed by atoms with Crippen molar-refractivity contribution in [3.8, 4) is 0 Å². The molecule has 0 spiro atoms. The molecular formula is C13H16N2O2S. The van der Waals surface area contributed by atoms with Crippen LogP contribution in [0, 0.1) is 12.8 Å². The quantitative estimate of drug-likeness (QED) is 0.902. The van der Waals surface area contributed by atoms with Gasteiger partial charge < -0.3 is 9.51 Å². The Kier molecular flexibility index (Phi) is 3.91. The maximum Gasteiger partial charge on any atom is 0.307 e. The highest BCUT2D eigenvalue weighted by atomic mass is 32.2. The summed E-state index contributed by atoms with van der Waals surface area (Å²) in [5.74, 6) is 0.308. The number of aliphatic carboxylic acids is 1. The molecule has 0 radical (unpaired) electrons. The molecule has 0 aliphatic rings. The van der Waals surface area contributed by atoms with Crippen molar-refractivity contribution in [3.63, 3.8) is 0 Å². The van der Waals surface area contributed by atoms with Crippen molar-refractivity contribution in [2.24, 2.45) is 5.92 Å². The van der Waals surface area contributed by atoms with Gasteiger partial charge in [-0.05, 0) is 18.6 Å². The molecule has 0 fully saturated rings. The molecule has 1 unspecified atom stereocenters. The first-order chi connectivity index (χ1) is 8.56. The van der Waals surface area contributed by atoms with E-state index in [0.717, 1.165) is 17.1 Å². The first-order valence-corrected chi connectivity index (χ1v) is 6.96. The molecule has 0 aliphatic carbocycles. The molecule has 5 heteroatoms. The minimum absolute atomic E-state index is 0.311. The molecular weight excluding hydrogens is 248 g/mol. The monoisotopic (exact) mass is 264 g/mol. The number of nitrogens with zero attached hydrogens (tertiary/aromatic N) is 2. The van der Waals surface area contributed by atoms with Crippen LogP contribution in [0.15, 0.2) is 24.5 Å². The number of hydrogen-bond donors (Lipinski definition) is 1. The van der Waals surface area contributed by atoms with Gasteiger partial charge in [0.05, 0.1) is 11.6 Å². The Morgan fingerprint density at radius 2 is 2.28 bits per heavy atom. The third-order valence-electron chi connectivity index (χ3n) is 2.69. The van der Waals surface area contributed by atoms with E-state index in [1.807, 2.05) is 35.9 Å². The second-order valence-corrected chi connectivity index (χ2v) is 5.49. The van der Waals surface area contributed by atoms with Gasteiger partial charge in [-0.2, -0.15) is 11.8 Å². The molecule has 0 bridgehead atoms. The molecule has 0 aromatic carbocycles. The van der Waals surface area contributed by atoms with Crippen molar-refractivity contribution < 1.29 is 9.90 Å². The maximum atomic E-state index is 10.7. The SMILES string of the molecule is Cc1ccc2nc(CSCC(C)C(=O)O)cn2c1. The summed E-state index contributed by atoms with van der Waals surface area (Å²) in [6.45, 7) is 3.77. The fourth-order valence-corrected chi connectivity index (χ4v) is 2.60. The van der Waals surface area contributed by atoms with E-state index in [1.54, 1.807) is 18.7 Å². The summed E-state index contributed by atoms with van der Waals surface area (Å²) >= 11 is 1.61. The Hall–Kier alpha value is -1.49. The fourth-order valence-electron chi connectivity index (χ4n) is 1.64. The highest BCUT2D eigenvalue weighted by Gasteiger charge is 2.11. The summed E-state index contributed by atoms with van der Waals surface area (Å²) in [7, 11) is 0. The van der Waals surface area contributed by atoms with E-state index < -0.39 is 5.97 Å². The van der Waals surface area contributed by atoms with Gasteiger partial charge in [0.2, 0.25) is 0 Å². The van der Waals surface area contributed by atoms with Crippen molar-refractivity contribution in [1.29, 1.82) is 0 Å². The molecule has 2 aromatic heterocycles. The number of aromatic nitrogens is 2. The number of thioether (sulfide) groups is 1. The molecule has 2 rings (SSSR count). The van der Waals surface area contributed by atoms with Crippen LogP contribution in [0.3, 0.4) is 0 Å². The average molecular weight is 264 g/mol. The first kappa shape index (κ1) is 13.0. The van der Waals surface area contributed by atoms with Crippen LogP contribution in [0.4, 0.5) is 0 Å². The van der Waals surface area contributed by atoms with Gasteiger partial charge in [0.25, 0.3) is 0 Å². The lowest BCUT2D eigenvalue weighted by atomic mass is 10.2. The van der Waals surface area contributed by atoms with Crippen molar-refractivity contribution >= 4 is 23.4 Å². The van der Waals surface area contributed by atoms with E-state index in [0.29, 0.717) is 5.75 Å². The Morgan fingerprint density at radius 3 is 3.00 bits per heavy atom. The lowest BCUT2D eigenvalue weighted by Crippen LogP contribution is -2.11. The zero-order chi connectivity index (χ0) is 13.1. The van der Waals surface area contributed by atoms with Crippen molar-refractivity contribution in [1.82, 2.24) is 9.38 Å². The highest BCUT2D eigenvalue weighted by Crippen LogP contribution is 2.16. The molecule has 0 saturated heterocycles. The second-order valence-electron chi connectivity index (χ2n) is 4.46. The third kappa shape index (κ3) is 3.04. The molecule has 2 aromatic rings. The Balaban J connectivity index is 1.98. The smallest absolute Gasteiger partial charge is 0.307 e. The van der Waals surface area contributed by atoms with Gasteiger partial charge in [-0.3, -0.25) is 4.79 Å². The lowest BCUT2D eigenvalue weighted by Gasteiger charge is -2.03. The first-order valence-electron chi connectivity index (χ1n) is 5.81. The standard InChI is InChI=1S/C13H16N2O2S/c1-9-3-4-12-14-11(6-15(12)5-9)8-18-7-10(2)13(16)17/h3-6,10H,7-8H2,1-2H3,(H,16,17). The van der Waals surface area contributed by atoms with Gasteiger partial charge in [0, 0.05) is 23.9 Å². The predicted octanol–water partition coefficient (Wildman–Crippen LogP) is 2.60. The number of rotatable bonds is 5. The van der Waals surface area contributed by atoms with E-state index in [-0.39, 0.29) is 5.92 Å². The van der Waals surface area contributed by atoms with Crippen LogP contribution in [-0.4, -0.2) is 26.2 Å². The molecule has 1 N–H and O–H groups in total. The van der Waals surface area contributed by atoms with Crippen LogP contribution in [0.5, 0.6) is 0 Å².